The van der Waals surface area contributed by atoms with E-state index >= 15 is 0 Å². The third-order valence-electron chi connectivity index (χ3n) is 4.74. The molecule has 2 fully saturated rings. The van der Waals surface area contributed by atoms with Crippen LogP contribution in [0.2, 0.25) is 0 Å². The first-order valence-corrected chi connectivity index (χ1v) is 9.26. The van der Waals surface area contributed by atoms with E-state index in [-0.39, 0.29) is 26.2 Å². The van der Waals surface area contributed by atoms with E-state index in [0.29, 0.717) is 11.3 Å². The molecule has 0 aliphatic carbocycles. The predicted molar refractivity (Wildman–Crippen MR) is 94.3 cm³/mol. The standard InChI is InChI=1S/C19H25F4N3O2/c1-17(2,3)28-16(27)26-7-5-18(20,21)9-15(26)13-4-6-24-14(8-13)10-25-11-19(22,23)12-25/h4,6,8,15H,5,7,9-12H2,1-3H3. The number of amides is 1. The average molecular weight is 403 g/mol. The minimum absolute atomic E-state index is 0.122. The molecule has 2 saturated heterocycles. The Balaban J connectivity index is 1.79. The number of aromatic nitrogens is 1. The number of nitrogens with zero attached hydrogens (tertiary/aromatic N) is 3. The van der Waals surface area contributed by atoms with Gasteiger partial charge in [-0.1, -0.05) is 0 Å². The number of ether oxygens (including phenoxy) is 1. The molecule has 1 aromatic heterocycles. The molecule has 1 amide bonds. The summed E-state index contributed by atoms with van der Waals surface area (Å²) in [6, 6.07) is 2.33. The Bertz CT molecular complexity index is 728. The molecular formula is C19H25F4N3O2. The maximum Gasteiger partial charge on any atom is 0.410 e. The van der Waals surface area contributed by atoms with Crippen molar-refractivity contribution in [3.63, 3.8) is 0 Å². The number of carbonyl (C=O) groups excluding carboxylic acids is 1. The number of carbonyl (C=O) groups is 1. The van der Waals surface area contributed by atoms with Crippen LogP contribution in [0, 0.1) is 0 Å². The van der Waals surface area contributed by atoms with E-state index in [1.54, 1.807) is 32.9 Å². The van der Waals surface area contributed by atoms with Gasteiger partial charge in [-0.25, -0.2) is 22.4 Å². The monoisotopic (exact) mass is 403 g/mol. The van der Waals surface area contributed by atoms with Crippen LogP contribution in [0.4, 0.5) is 22.4 Å². The van der Waals surface area contributed by atoms with E-state index in [1.807, 2.05) is 0 Å². The zero-order chi connectivity index (χ0) is 20.7. The summed E-state index contributed by atoms with van der Waals surface area (Å²) >= 11 is 0. The van der Waals surface area contributed by atoms with Crippen molar-refractivity contribution in [2.45, 2.75) is 63.6 Å². The average Bonchev–Trinajstić information content (AvgIpc) is 2.50. The molecule has 1 aromatic rings. The Hall–Kier alpha value is -1.90. The Morgan fingerprint density at radius 3 is 2.54 bits per heavy atom. The van der Waals surface area contributed by atoms with Crippen LogP contribution in [0.15, 0.2) is 18.3 Å². The maximum atomic E-state index is 14.1. The number of piperidine rings is 1. The predicted octanol–water partition coefficient (Wildman–Crippen LogP) is 4.24. The van der Waals surface area contributed by atoms with Gasteiger partial charge in [0.25, 0.3) is 11.8 Å². The second-order valence-electron chi connectivity index (χ2n) is 8.58. The van der Waals surface area contributed by atoms with Crippen LogP contribution in [0.1, 0.15) is 50.9 Å². The molecule has 3 heterocycles. The van der Waals surface area contributed by atoms with Gasteiger partial charge in [-0.05, 0) is 38.5 Å². The number of likely N-dealkylation sites (tertiary alicyclic amines) is 2. The summed E-state index contributed by atoms with van der Waals surface area (Å²) in [5.74, 6) is -5.58. The summed E-state index contributed by atoms with van der Waals surface area (Å²) in [4.78, 5) is 19.6. The summed E-state index contributed by atoms with van der Waals surface area (Å²) in [6.07, 6.45) is -0.127. The molecule has 28 heavy (non-hydrogen) atoms. The van der Waals surface area contributed by atoms with Gasteiger partial charge in [0.05, 0.1) is 24.8 Å². The SMILES string of the molecule is CC(C)(C)OC(=O)N1CCC(F)(F)CC1c1ccnc(CN2CC(F)(F)C2)c1. The second kappa shape index (κ2) is 7.17. The molecule has 0 saturated carbocycles. The summed E-state index contributed by atoms with van der Waals surface area (Å²) in [6.45, 7) is 4.54. The van der Waals surface area contributed by atoms with Crippen molar-refractivity contribution in [1.29, 1.82) is 0 Å². The van der Waals surface area contributed by atoms with Gasteiger partial charge in [0, 0.05) is 32.1 Å². The molecule has 3 rings (SSSR count). The molecule has 0 bridgehead atoms. The summed E-state index contributed by atoms with van der Waals surface area (Å²) in [5.41, 5.74) is 0.266. The van der Waals surface area contributed by atoms with Crippen molar-refractivity contribution in [1.82, 2.24) is 14.8 Å². The van der Waals surface area contributed by atoms with Crippen molar-refractivity contribution >= 4 is 6.09 Å². The zero-order valence-electron chi connectivity index (χ0n) is 16.2. The first-order chi connectivity index (χ1) is 12.8. The minimum Gasteiger partial charge on any atom is -0.444 e. The normalized spacial score (nSPS) is 24.5. The molecule has 2 aliphatic rings. The number of hydrogen-bond acceptors (Lipinski definition) is 4. The highest BCUT2D eigenvalue weighted by Crippen LogP contribution is 2.40. The smallest absolute Gasteiger partial charge is 0.410 e. The number of halogens is 4. The summed E-state index contributed by atoms with van der Waals surface area (Å²) in [5, 5.41) is 0. The zero-order valence-corrected chi connectivity index (χ0v) is 16.2. The van der Waals surface area contributed by atoms with Crippen LogP contribution in [0.5, 0.6) is 0 Å². The Labute approximate surface area is 161 Å². The van der Waals surface area contributed by atoms with Crippen LogP contribution in [-0.4, -0.2) is 58.0 Å². The Morgan fingerprint density at radius 1 is 1.25 bits per heavy atom. The highest BCUT2D eigenvalue weighted by molar-refractivity contribution is 5.69. The van der Waals surface area contributed by atoms with Crippen molar-refractivity contribution in [2.24, 2.45) is 0 Å². The van der Waals surface area contributed by atoms with Gasteiger partial charge in [0.15, 0.2) is 0 Å². The van der Waals surface area contributed by atoms with Gasteiger partial charge in [0.1, 0.15) is 5.60 Å². The van der Waals surface area contributed by atoms with Crippen molar-refractivity contribution < 1.29 is 27.1 Å². The molecule has 0 N–H and O–H groups in total. The van der Waals surface area contributed by atoms with Gasteiger partial charge in [-0.15, -0.1) is 0 Å². The highest BCUT2D eigenvalue weighted by Gasteiger charge is 2.45. The number of pyridine rings is 1. The molecule has 0 radical (unpaired) electrons. The molecule has 2 aliphatic heterocycles. The number of rotatable bonds is 3. The Kier molecular flexibility index (Phi) is 5.33. The van der Waals surface area contributed by atoms with Gasteiger partial charge < -0.3 is 9.64 Å². The third-order valence-corrected chi connectivity index (χ3v) is 4.74. The number of alkyl halides is 4. The van der Waals surface area contributed by atoms with Gasteiger partial charge in [0.2, 0.25) is 0 Å². The second-order valence-corrected chi connectivity index (χ2v) is 8.58. The molecule has 0 aromatic carbocycles. The Morgan fingerprint density at radius 2 is 1.93 bits per heavy atom. The van der Waals surface area contributed by atoms with E-state index in [1.165, 1.54) is 16.0 Å². The van der Waals surface area contributed by atoms with Crippen LogP contribution < -0.4 is 0 Å². The molecule has 0 spiro atoms. The van der Waals surface area contributed by atoms with E-state index in [9.17, 15) is 22.4 Å². The van der Waals surface area contributed by atoms with E-state index in [0.717, 1.165) is 0 Å². The first kappa shape index (κ1) is 20.8. The van der Waals surface area contributed by atoms with Crippen molar-refractivity contribution in [3.8, 4) is 0 Å². The van der Waals surface area contributed by atoms with Crippen LogP contribution in [0.3, 0.4) is 0 Å². The fraction of sp³-hybridized carbons (Fsp3) is 0.684. The highest BCUT2D eigenvalue weighted by atomic mass is 19.3. The maximum absolute atomic E-state index is 14.1. The molecule has 1 unspecified atom stereocenters. The fourth-order valence-electron chi connectivity index (χ4n) is 3.51. The largest absolute Gasteiger partial charge is 0.444 e. The van der Waals surface area contributed by atoms with Gasteiger partial charge in [-0.3, -0.25) is 9.88 Å². The fourth-order valence-corrected chi connectivity index (χ4v) is 3.51. The molecule has 9 heteroatoms. The van der Waals surface area contributed by atoms with Crippen LogP contribution in [-0.2, 0) is 11.3 Å². The lowest BCUT2D eigenvalue weighted by Gasteiger charge is -2.40. The third kappa shape index (κ3) is 5.12. The van der Waals surface area contributed by atoms with E-state index in [4.69, 9.17) is 4.74 Å². The summed E-state index contributed by atoms with van der Waals surface area (Å²) < 4.78 is 59.6. The number of hydrogen-bond donors (Lipinski definition) is 0. The van der Waals surface area contributed by atoms with E-state index < -0.39 is 42.4 Å². The van der Waals surface area contributed by atoms with Crippen molar-refractivity contribution in [3.05, 3.63) is 29.6 Å². The molecular weight excluding hydrogens is 378 g/mol. The van der Waals surface area contributed by atoms with Crippen LogP contribution in [0.25, 0.3) is 0 Å². The summed E-state index contributed by atoms with van der Waals surface area (Å²) in [7, 11) is 0. The van der Waals surface area contributed by atoms with E-state index in [2.05, 4.69) is 4.98 Å². The lowest BCUT2D eigenvalue weighted by atomic mass is 9.93. The topological polar surface area (TPSA) is 45.7 Å². The molecule has 156 valence electrons. The van der Waals surface area contributed by atoms with Gasteiger partial charge >= 0.3 is 6.09 Å². The first-order valence-electron chi connectivity index (χ1n) is 9.26. The lowest BCUT2D eigenvalue weighted by Crippen LogP contribution is -2.55. The quantitative estimate of drug-likeness (QED) is 0.709. The molecule has 1 atom stereocenters. The van der Waals surface area contributed by atoms with Crippen molar-refractivity contribution in [2.75, 3.05) is 19.6 Å². The van der Waals surface area contributed by atoms with Crippen LogP contribution >= 0.6 is 0 Å². The minimum atomic E-state index is -2.90. The lowest BCUT2D eigenvalue weighted by molar-refractivity contribution is -0.134. The van der Waals surface area contributed by atoms with Gasteiger partial charge in [-0.2, -0.15) is 0 Å². The molecule has 5 nitrogen and oxygen atoms in total.